The van der Waals surface area contributed by atoms with Crippen molar-refractivity contribution in [2.45, 2.75) is 13.5 Å². The second-order valence-corrected chi connectivity index (χ2v) is 4.06. The fourth-order valence-corrected chi connectivity index (χ4v) is 1.70. The highest BCUT2D eigenvalue weighted by Gasteiger charge is 2.13. The second-order valence-electron chi connectivity index (χ2n) is 4.06. The number of rotatable bonds is 4. The zero-order valence-corrected chi connectivity index (χ0v) is 10.3. The molecule has 0 unspecified atom stereocenters. The average Bonchev–Trinajstić information content (AvgIpc) is 2.79. The summed E-state index contributed by atoms with van der Waals surface area (Å²) in [5.41, 5.74) is 1.80. The molecule has 0 aliphatic heterocycles. The van der Waals surface area contributed by atoms with Crippen molar-refractivity contribution in [1.82, 2.24) is 9.55 Å². The summed E-state index contributed by atoms with van der Waals surface area (Å²) in [6.07, 6.45) is 4.78. The van der Waals surface area contributed by atoms with Crippen molar-refractivity contribution in [3.63, 3.8) is 0 Å². The van der Waals surface area contributed by atoms with Crippen LogP contribution in [0.5, 0.6) is 0 Å². The SMILES string of the molecule is Cc1cnccc1NC(=O)c1cccn1CC(=O)O. The number of aryl methyl sites for hydroxylation is 1. The summed E-state index contributed by atoms with van der Waals surface area (Å²) in [5, 5.41) is 11.5. The Kier molecular flexibility index (Phi) is 3.61. The van der Waals surface area contributed by atoms with Crippen LogP contribution in [0.4, 0.5) is 5.69 Å². The van der Waals surface area contributed by atoms with Crippen molar-refractivity contribution in [3.05, 3.63) is 48.0 Å². The summed E-state index contributed by atoms with van der Waals surface area (Å²) in [7, 11) is 0. The molecule has 0 aliphatic carbocycles. The zero-order valence-electron chi connectivity index (χ0n) is 10.3. The molecule has 0 atom stereocenters. The van der Waals surface area contributed by atoms with Gasteiger partial charge < -0.3 is 15.0 Å². The van der Waals surface area contributed by atoms with Gasteiger partial charge in [0.15, 0.2) is 0 Å². The van der Waals surface area contributed by atoms with Gasteiger partial charge in [0.05, 0.1) is 0 Å². The number of anilines is 1. The number of pyridine rings is 1. The van der Waals surface area contributed by atoms with E-state index >= 15 is 0 Å². The number of hydrogen-bond acceptors (Lipinski definition) is 3. The van der Waals surface area contributed by atoms with Crippen molar-refractivity contribution >= 4 is 17.6 Å². The maximum absolute atomic E-state index is 12.1. The van der Waals surface area contributed by atoms with E-state index in [1.165, 1.54) is 4.57 Å². The lowest BCUT2D eigenvalue weighted by Gasteiger charge is -2.09. The predicted molar refractivity (Wildman–Crippen MR) is 69.0 cm³/mol. The van der Waals surface area contributed by atoms with Crippen LogP contribution in [0, 0.1) is 6.92 Å². The molecule has 0 radical (unpaired) electrons. The molecule has 0 aliphatic rings. The Balaban J connectivity index is 2.19. The predicted octanol–water partition coefficient (Wildman–Crippen LogP) is 1.53. The van der Waals surface area contributed by atoms with Crippen molar-refractivity contribution < 1.29 is 14.7 Å². The molecule has 2 N–H and O–H groups in total. The van der Waals surface area contributed by atoms with Gasteiger partial charge in [0.25, 0.3) is 5.91 Å². The summed E-state index contributed by atoms with van der Waals surface area (Å²) in [6.45, 7) is 1.59. The Morgan fingerprint density at radius 2 is 2.21 bits per heavy atom. The molecule has 0 spiro atoms. The smallest absolute Gasteiger partial charge is 0.323 e. The van der Waals surface area contributed by atoms with Crippen molar-refractivity contribution in [1.29, 1.82) is 0 Å². The average molecular weight is 259 g/mol. The highest BCUT2D eigenvalue weighted by Crippen LogP contribution is 2.13. The molecule has 0 bridgehead atoms. The fourth-order valence-electron chi connectivity index (χ4n) is 1.70. The van der Waals surface area contributed by atoms with Crippen LogP contribution < -0.4 is 5.32 Å². The van der Waals surface area contributed by atoms with E-state index in [1.54, 1.807) is 36.8 Å². The fraction of sp³-hybridized carbons (Fsp3) is 0.154. The quantitative estimate of drug-likeness (QED) is 0.872. The minimum Gasteiger partial charge on any atom is -0.480 e. The lowest BCUT2D eigenvalue weighted by Crippen LogP contribution is -2.19. The molecule has 2 heterocycles. The lowest BCUT2D eigenvalue weighted by atomic mass is 10.2. The van der Waals surface area contributed by atoms with Gasteiger partial charge in [-0.25, -0.2) is 0 Å². The summed E-state index contributed by atoms with van der Waals surface area (Å²) in [5.74, 6) is -1.34. The molecular weight excluding hydrogens is 246 g/mol. The van der Waals surface area contributed by atoms with E-state index < -0.39 is 5.97 Å². The number of amides is 1. The van der Waals surface area contributed by atoms with Crippen LogP contribution >= 0.6 is 0 Å². The van der Waals surface area contributed by atoms with E-state index in [0.29, 0.717) is 11.4 Å². The van der Waals surface area contributed by atoms with Crippen molar-refractivity contribution in [3.8, 4) is 0 Å². The first-order valence-electron chi connectivity index (χ1n) is 5.67. The standard InChI is InChI=1S/C13H13N3O3/c1-9-7-14-5-4-10(9)15-13(19)11-3-2-6-16(11)8-12(17)18/h2-7H,8H2,1H3,(H,17,18)(H,14,15,19). The van der Waals surface area contributed by atoms with E-state index in [-0.39, 0.29) is 12.5 Å². The van der Waals surface area contributed by atoms with E-state index in [4.69, 9.17) is 5.11 Å². The summed E-state index contributed by atoms with van der Waals surface area (Å²) in [4.78, 5) is 26.7. The molecule has 6 heteroatoms. The molecule has 0 aromatic carbocycles. The molecule has 2 rings (SSSR count). The van der Waals surface area contributed by atoms with Gasteiger partial charge in [-0.05, 0) is 30.7 Å². The number of nitrogens with one attached hydrogen (secondary N) is 1. The molecule has 19 heavy (non-hydrogen) atoms. The topological polar surface area (TPSA) is 84.2 Å². The van der Waals surface area contributed by atoms with Gasteiger partial charge in [0.2, 0.25) is 0 Å². The summed E-state index contributed by atoms with van der Waals surface area (Å²) < 4.78 is 1.38. The third-order valence-corrected chi connectivity index (χ3v) is 2.64. The first-order valence-corrected chi connectivity index (χ1v) is 5.67. The molecule has 0 saturated heterocycles. The number of carbonyl (C=O) groups excluding carboxylic acids is 1. The molecule has 0 saturated carbocycles. The Hall–Kier alpha value is -2.63. The normalized spacial score (nSPS) is 10.2. The maximum Gasteiger partial charge on any atom is 0.323 e. The van der Waals surface area contributed by atoms with E-state index in [0.717, 1.165) is 5.56 Å². The Labute approximate surface area is 109 Å². The lowest BCUT2D eigenvalue weighted by molar-refractivity contribution is -0.137. The van der Waals surface area contributed by atoms with Gasteiger partial charge in [-0.3, -0.25) is 14.6 Å². The molecule has 0 fully saturated rings. The molecule has 6 nitrogen and oxygen atoms in total. The minimum atomic E-state index is -0.995. The molecule has 1 amide bonds. The third-order valence-electron chi connectivity index (χ3n) is 2.64. The van der Waals surface area contributed by atoms with Gasteiger partial charge in [-0.2, -0.15) is 0 Å². The van der Waals surface area contributed by atoms with Crippen molar-refractivity contribution in [2.75, 3.05) is 5.32 Å². The van der Waals surface area contributed by atoms with Crippen LogP contribution in [-0.2, 0) is 11.3 Å². The van der Waals surface area contributed by atoms with Crippen LogP contribution in [0.2, 0.25) is 0 Å². The highest BCUT2D eigenvalue weighted by molar-refractivity contribution is 6.03. The van der Waals surface area contributed by atoms with Gasteiger partial charge >= 0.3 is 5.97 Å². The monoisotopic (exact) mass is 259 g/mol. The van der Waals surface area contributed by atoms with Gasteiger partial charge in [-0.15, -0.1) is 0 Å². The Morgan fingerprint density at radius 1 is 1.42 bits per heavy atom. The number of carbonyl (C=O) groups is 2. The number of nitrogens with zero attached hydrogens (tertiary/aromatic N) is 2. The van der Waals surface area contributed by atoms with Crippen molar-refractivity contribution in [2.24, 2.45) is 0 Å². The van der Waals surface area contributed by atoms with Crippen LogP contribution in [0.3, 0.4) is 0 Å². The minimum absolute atomic E-state index is 0.245. The van der Waals surface area contributed by atoms with Crippen LogP contribution in [-0.4, -0.2) is 26.5 Å². The molecular formula is C13H13N3O3. The molecule has 98 valence electrons. The third kappa shape index (κ3) is 2.98. The number of aromatic nitrogens is 2. The molecule has 2 aromatic rings. The Bertz CT molecular complexity index is 619. The van der Waals surface area contributed by atoms with Gasteiger partial charge in [-0.1, -0.05) is 0 Å². The number of carboxylic acid groups (broad SMARTS) is 1. The summed E-state index contributed by atoms with van der Waals surface area (Å²) >= 11 is 0. The molecule has 2 aromatic heterocycles. The highest BCUT2D eigenvalue weighted by atomic mass is 16.4. The van der Waals surface area contributed by atoms with Gasteiger partial charge in [0.1, 0.15) is 12.2 Å². The number of aliphatic carboxylic acids is 1. The van der Waals surface area contributed by atoms with E-state index in [1.807, 2.05) is 6.92 Å². The number of hydrogen-bond donors (Lipinski definition) is 2. The van der Waals surface area contributed by atoms with Gasteiger partial charge in [0, 0.05) is 24.3 Å². The first-order chi connectivity index (χ1) is 9.08. The number of carboxylic acids is 1. The zero-order chi connectivity index (χ0) is 13.8. The Morgan fingerprint density at radius 3 is 2.89 bits per heavy atom. The van der Waals surface area contributed by atoms with Crippen LogP contribution in [0.1, 0.15) is 16.1 Å². The second kappa shape index (κ2) is 5.34. The van der Waals surface area contributed by atoms with E-state index in [9.17, 15) is 9.59 Å². The van der Waals surface area contributed by atoms with Crippen LogP contribution in [0.25, 0.3) is 0 Å². The van der Waals surface area contributed by atoms with E-state index in [2.05, 4.69) is 10.3 Å². The maximum atomic E-state index is 12.1. The first kappa shape index (κ1) is 12.8. The summed E-state index contributed by atoms with van der Waals surface area (Å²) in [6, 6.07) is 4.91. The van der Waals surface area contributed by atoms with Crippen LogP contribution in [0.15, 0.2) is 36.8 Å². The largest absolute Gasteiger partial charge is 0.480 e.